The van der Waals surface area contributed by atoms with E-state index in [1.54, 1.807) is 24.5 Å². The molecule has 0 aliphatic carbocycles. The van der Waals surface area contributed by atoms with Gasteiger partial charge < -0.3 is 26.8 Å². The normalized spacial score (nSPS) is 23.5. The minimum atomic E-state index is 0.0924. The first-order valence-electron chi connectivity index (χ1n) is 9.71. The number of guanidine groups is 1. The average Bonchev–Trinajstić information content (AvgIpc) is 3.47. The van der Waals surface area contributed by atoms with Gasteiger partial charge in [0.25, 0.3) is 0 Å². The predicted molar refractivity (Wildman–Crippen MR) is 110 cm³/mol. The van der Waals surface area contributed by atoms with Gasteiger partial charge in [-0.2, -0.15) is 5.10 Å². The van der Waals surface area contributed by atoms with E-state index in [0.29, 0.717) is 29.2 Å². The molecule has 0 saturated carbocycles. The summed E-state index contributed by atoms with van der Waals surface area (Å²) in [7, 11) is 0. The summed E-state index contributed by atoms with van der Waals surface area (Å²) in [6.45, 7) is 2.95. The number of aromatic hydroxyl groups is 1. The molecule has 8 nitrogen and oxygen atoms in total. The van der Waals surface area contributed by atoms with Crippen molar-refractivity contribution < 1.29 is 5.11 Å². The number of phenolic OH excluding ortho intramolecular Hbond substituents is 1. The number of likely N-dealkylation sites (tertiary alicyclic amines) is 1. The zero-order valence-electron chi connectivity index (χ0n) is 15.8. The second-order valence-corrected chi connectivity index (χ2v) is 7.49. The molecule has 2 aromatic rings. The summed E-state index contributed by atoms with van der Waals surface area (Å²) < 4.78 is 0. The number of benzene rings is 1. The van der Waals surface area contributed by atoms with Crippen molar-refractivity contribution in [2.75, 3.05) is 19.6 Å². The van der Waals surface area contributed by atoms with Gasteiger partial charge in [-0.3, -0.25) is 5.10 Å². The Bertz CT molecular complexity index is 869. The maximum Gasteiger partial charge on any atom is 0.195 e. The Morgan fingerprint density at radius 1 is 1.29 bits per heavy atom. The van der Waals surface area contributed by atoms with Gasteiger partial charge in [0.2, 0.25) is 0 Å². The minimum absolute atomic E-state index is 0.0924. The Labute approximate surface area is 164 Å². The van der Waals surface area contributed by atoms with Crippen LogP contribution < -0.4 is 16.8 Å². The second-order valence-electron chi connectivity index (χ2n) is 7.49. The Hall–Kier alpha value is -3.00. The SMILES string of the molecule is NC(=N/C=C(\N)c1ccc(-c2cn[nH]c2)cc1O)N1CCC(C2CCCN2)C1. The van der Waals surface area contributed by atoms with Crippen LogP contribution in [0.5, 0.6) is 5.75 Å². The van der Waals surface area contributed by atoms with E-state index in [0.717, 1.165) is 37.2 Å². The number of aliphatic imine (C=N–C) groups is 1. The lowest BCUT2D eigenvalue weighted by Gasteiger charge is -2.20. The Balaban J connectivity index is 1.43. The van der Waals surface area contributed by atoms with Crippen LogP contribution in [0.2, 0.25) is 0 Å². The van der Waals surface area contributed by atoms with Crippen molar-refractivity contribution >= 4 is 11.7 Å². The second kappa shape index (κ2) is 7.93. The number of nitrogens with two attached hydrogens (primary N) is 2. The number of hydrogen-bond acceptors (Lipinski definition) is 5. The van der Waals surface area contributed by atoms with Gasteiger partial charge in [-0.15, -0.1) is 0 Å². The van der Waals surface area contributed by atoms with E-state index in [-0.39, 0.29) is 5.75 Å². The zero-order chi connectivity index (χ0) is 19.5. The van der Waals surface area contributed by atoms with Crippen LogP contribution in [0.25, 0.3) is 16.8 Å². The highest BCUT2D eigenvalue weighted by molar-refractivity contribution is 5.80. The lowest BCUT2D eigenvalue weighted by Crippen LogP contribution is -2.38. The van der Waals surface area contributed by atoms with E-state index >= 15 is 0 Å². The highest BCUT2D eigenvalue weighted by atomic mass is 16.3. The molecule has 0 amide bonds. The van der Waals surface area contributed by atoms with E-state index < -0.39 is 0 Å². The summed E-state index contributed by atoms with van der Waals surface area (Å²) >= 11 is 0. The summed E-state index contributed by atoms with van der Waals surface area (Å²) in [5.41, 5.74) is 15.0. The number of hydrogen-bond donors (Lipinski definition) is 5. The van der Waals surface area contributed by atoms with Crippen LogP contribution in [0.15, 0.2) is 41.8 Å². The molecule has 148 valence electrons. The highest BCUT2D eigenvalue weighted by Gasteiger charge is 2.31. The molecule has 4 rings (SSSR count). The molecule has 3 heterocycles. The third-order valence-corrected chi connectivity index (χ3v) is 5.69. The van der Waals surface area contributed by atoms with Crippen LogP contribution in [0, 0.1) is 5.92 Å². The molecule has 28 heavy (non-hydrogen) atoms. The lowest BCUT2D eigenvalue weighted by atomic mass is 9.98. The highest BCUT2D eigenvalue weighted by Crippen LogP contribution is 2.29. The summed E-state index contributed by atoms with van der Waals surface area (Å²) in [5, 5.41) is 20.6. The van der Waals surface area contributed by atoms with Gasteiger partial charge in [-0.05, 0) is 49.4 Å². The standard InChI is InChI=1S/C20H27N7O/c21-17(16-4-3-13(8-19(16)28)15-9-25-26-10-15)11-24-20(22)27-7-5-14(12-27)18-2-1-6-23-18/h3-4,8-11,14,18,23,28H,1-2,5-7,12,21H2,(H2,22,24)(H,25,26)/b17-11-. The van der Waals surface area contributed by atoms with Crippen LogP contribution >= 0.6 is 0 Å². The van der Waals surface area contributed by atoms with Gasteiger partial charge in [0.1, 0.15) is 5.75 Å². The fourth-order valence-electron chi connectivity index (χ4n) is 4.09. The number of H-pyrrole nitrogens is 1. The van der Waals surface area contributed by atoms with Crippen molar-refractivity contribution in [1.29, 1.82) is 0 Å². The van der Waals surface area contributed by atoms with Crippen molar-refractivity contribution in [3.05, 3.63) is 42.4 Å². The largest absolute Gasteiger partial charge is 0.507 e. The molecule has 1 aromatic heterocycles. The first-order valence-corrected chi connectivity index (χ1v) is 9.71. The zero-order valence-corrected chi connectivity index (χ0v) is 15.8. The first kappa shape index (κ1) is 18.4. The fraction of sp³-hybridized carbons (Fsp3) is 0.400. The molecule has 2 aliphatic heterocycles. The van der Waals surface area contributed by atoms with Crippen LogP contribution in [0.3, 0.4) is 0 Å². The topological polar surface area (TPSA) is 129 Å². The molecule has 8 heteroatoms. The van der Waals surface area contributed by atoms with Gasteiger partial charge in [0.05, 0.1) is 18.1 Å². The maximum absolute atomic E-state index is 10.3. The molecule has 2 unspecified atom stereocenters. The smallest absolute Gasteiger partial charge is 0.195 e. The summed E-state index contributed by atoms with van der Waals surface area (Å²) in [6.07, 6.45) is 8.61. The Kier molecular flexibility index (Phi) is 5.21. The number of aromatic amines is 1. The minimum Gasteiger partial charge on any atom is -0.507 e. The average molecular weight is 381 g/mol. The van der Waals surface area contributed by atoms with E-state index in [2.05, 4.69) is 25.4 Å². The van der Waals surface area contributed by atoms with Crippen LogP contribution in [-0.4, -0.2) is 51.8 Å². The van der Waals surface area contributed by atoms with E-state index in [1.165, 1.54) is 19.0 Å². The van der Waals surface area contributed by atoms with Crippen LogP contribution in [-0.2, 0) is 0 Å². The van der Waals surface area contributed by atoms with Crippen molar-refractivity contribution in [3.8, 4) is 16.9 Å². The van der Waals surface area contributed by atoms with Crippen LogP contribution in [0.4, 0.5) is 0 Å². The molecule has 2 fully saturated rings. The molecule has 0 spiro atoms. The van der Waals surface area contributed by atoms with E-state index in [4.69, 9.17) is 11.5 Å². The molecule has 2 saturated heterocycles. The molecule has 0 radical (unpaired) electrons. The van der Waals surface area contributed by atoms with Crippen molar-refractivity contribution in [2.24, 2.45) is 22.4 Å². The quantitative estimate of drug-likeness (QED) is 0.402. The Morgan fingerprint density at radius 3 is 2.89 bits per heavy atom. The fourth-order valence-corrected chi connectivity index (χ4v) is 4.09. The number of rotatable bonds is 4. The predicted octanol–water partition coefficient (Wildman–Crippen LogP) is 1.43. The van der Waals surface area contributed by atoms with Gasteiger partial charge in [0, 0.05) is 36.5 Å². The molecule has 7 N–H and O–H groups in total. The monoisotopic (exact) mass is 381 g/mol. The third kappa shape index (κ3) is 3.82. The third-order valence-electron chi connectivity index (χ3n) is 5.69. The number of nitrogens with zero attached hydrogens (tertiary/aromatic N) is 3. The number of phenols is 1. The van der Waals surface area contributed by atoms with Crippen molar-refractivity contribution in [2.45, 2.75) is 25.3 Å². The summed E-state index contributed by atoms with van der Waals surface area (Å²) in [4.78, 5) is 6.45. The first-order chi connectivity index (χ1) is 13.6. The molecular formula is C20H27N7O. The van der Waals surface area contributed by atoms with Gasteiger partial charge in [0.15, 0.2) is 5.96 Å². The number of nitrogens with one attached hydrogen (secondary N) is 2. The van der Waals surface area contributed by atoms with Gasteiger partial charge in [-0.1, -0.05) is 6.07 Å². The summed E-state index contributed by atoms with van der Waals surface area (Å²) in [6, 6.07) is 5.91. The molecule has 2 atom stereocenters. The van der Waals surface area contributed by atoms with Crippen molar-refractivity contribution in [3.63, 3.8) is 0 Å². The van der Waals surface area contributed by atoms with Gasteiger partial charge >= 0.3 is 0 Å². The Morgan fingerprint density at radius 2 is 2.18 bits per heavy atom. The summed E-state index contributed by atoms with van der Waals surface area (Å²) in [5.74, 6) is 1.19. The van der Waals surface area contributed by atoms with Gasteiger partial charge in [-0.25, -0.2) is 4.99 Å². The maximum atomic E-state index is 10.3. The van der Waals surface area contributed by atoms with E-state index in [1.807, 2.05) is 6.07 Å². The van der Waals surface area contributed by atoms with Crippen molar-refractivity contribution in [1.82, 2.24) is 20.4 Å². The molecule has 0 bridgehead atoms. The van der Waals surface area contributed by atoms with E-state index in [9.17, 15) is 5.11 Å². The molecule has 2 aliphatic rings. The number of aromatic nitrogens is 2. The lowest BCUT2D eigenvalue weighted by molar-refractivity contribution is 0.390. The molecule has 1 aromatic carbocycles. The molecular weight excluding hydrogens is 354 g/mol. The van der Waals surface area contributed by atoms with Crippen LogP contribution in [0.1, 0.15) is 24.8 Å².